The summed E-state index contributed by atoms with van der Waals surface area (Å²) in [6, 6.07) is 9.39. The summed E-state index contributed by atoms with van der Waals surface area (Å²) < 4.78 is 5.30. The second kappa shape index (κ2) is 8.77. The van der Waals surface area contributed by atoms with Crippen molar-refractivity contribution >= 4 is 5.91 Å². The van der Waals surface area contributed by atoms with Gasteiger partial charge in [-0.25, -0.2) is 0 Å². The topological polar surface area (TPSA) is 67.6 Å². The maximum Gasteiger partial charge on any atom is 0.237 e. The molecule has 0 spiro atoms. The number of nitrogens with one attached hydrogen (secondary N) is 1. The molecule has 5 heteroatoms. The van der Waals surface area contributed by atoms with Crippen LogP contribution in [0.15, 0.2) is 30.3 Å². The van der Waals surface area contributed by atoms with Crippen LogP contribution in [0, 0.1) is 0 Å². The predicted molar refractivity (Wildman–Crippen MR) is 83.0 cm³/mol. The highest BCUT2D eigenvalue weighted by Gasteiger charge is 2.14. The van der Waals surface area contributed by atoms with Crippen LogP contribution in [0.5, 0.6) is 0 Å². The maximum atomic E-state index is 11.9. The van der Waals surface area contributed by atoms with Gasteiger partial charge in [0.2, 0.25) is 5.91 Å². The van der Waals surface area contributed by atoms with E-state index in [-0.39, 0.29) is 5.91 Å². The molecule has 1 heterocycles. The molecule has 0 aliphatic carbocycles. The molecule has 1 fully saturated rings. The summed E-state index contributed by atoms with van der Waals surface area (Å²) in [6.07, 6.45) is 1.53. The molecule has 116 valence electrons. The highest BCUT2D eigenvalue weighted by molar-refractivity contribution is 5.81. The van der Waals surface area contributed by atoms with E-state index in [9.17, 15) is 4.79 Å². The molecule has 1 aliphatic rings. The fourth-order valence-corrected chi connectivity index (χ4v) is 2.43. The Labute approximate surface area is 126 Å². The summed E-state index contributed by atoms with van der Waals surface area (Å²) in [5.41, 5.74) is 7.03. The van der Waals surface area contributed by atoms with Crippen LogP contribution in [-0.2, 0) is 16.0 Å². The number of carbonyl (C=O) groups excluding carboxylic acids is 1. The van der Waals surface area contributed by atoms with Crippen molar-refractivity contribution in [1.82, 2.24) is 10.2 Å². The lowest BCUT2D eigenvalue weighted by Crippen LogP contribution is -2.43. The zero-order chi connectivity index (χ0) is 14.9. The molecule has 0 saturated carbocycles. The van der Waals surface area contributed by atoms with Gasteiger partial charge in [-0.3, -0.25) is 9.69 Å². The Morgan fingerprint density at radius 3 is 2.71 bits per heavy atom. The fourth-order valence-electron chi connectivity index (χ4n) is 2.43. The number of hydrogen-bond donors (Lipinski definition) is 2. The zero-order valence-corrected chi connectivity index (χ0v) is 12.5. The number of morpholine rings is 1. The van der Waals surface area contributed by atoms with Gasteiger partial charge in [0, 0.05) is 19.6 Å². The summed E-state index contributed by atoms with van der Waals surface area (Å²) in [6.45, 7) is 5.28. The summed E-state index contributed by atoms with van der Waals surface area (Å²) in [4.78, 5) is 14.3. The second-order valence-electron chi connectivity index (χ2n) is 5.39. The number of amides is 1. The van der Waals surface area contributed by atoms with Crippen molar-refractivity contribution in [2.24, 2.45) is 5.73 Å². The van der Waals surface area contributed by atoms with Crippen LogP contribution < -0.4 is 11.1 Å². The Kier molecular flexibility index (Phi) is 6.66. The average Bonchev–Trinajstić information content (AvgIpc) is 2.53. The van der Waals surface area contributed by atoms with Gasteiger partial charge in [0.15, 0.2) is 0 Å². The first kappa shape index (κ1) is 15.9. The third kappa shape index (κ3) is 5.83. The minimum atomic E-state index is -0.476. The highest BCUT2D eigenvalue weighted by Crippen LogP contribution is 2.02. The lowest BCUT2D eigenvalue weighted by atomic mass is 10.1. The van der Waals surface area contributed by atoms with Crippen LogP contribution in [0.1, 0.15) is 12.0 Å². The Hall–Kier alpha value is -1.43. The molecule has 21 heavy (non-hydrogen) atoms. The Bertz CT molecular complexity index is 419. The quantitative estimate of drug-likeness (QED) is 0.713. The molecular weight excluding hydrogens is 266 g/mol. The number of benzene rings is 1. The molecule has 0 radical (unpaired) electrons. The van der Waals surface area contributed by atoms with Gasteiger partial charge < -0.3 is 15.8 Å². The van der Waals surface area contributed by atoms with Crippen LogP contribution in [0.3, 0.4) is 0 Å². The molecule has 1 saturated heterocycles. The second-order valence-corrected chi connectivity index (χ2v) is 5.39. The Morgan fingerprint density at radius 2 is 2.00 bits per heavy atom. The standard InChI is InChI=1S/C16H25N3O2/c17-15(13-14-5-2-1-3-6-14)16(20)18-7-4-8-19-9-11-21-12-10-19/h1-3,5-6,15H,4,7-13,17H2,(H,18,20)/t15-/m1/s1. The predicted octanol–water partition coefficient (Wildman–Crippen LogP) is 0.395. The van der Waals surface area contributed by atoms with Crippen molar-refractivity contribution < 1.29 is 9.53 Å². The zero-order valence-electron chi connectivity index (χ0n) is 12.5. The van der Waals surface area contributed by atoms with Crippen molar-refractivity contribution in [1.29, 1.82) is 0 Å². The van der Waals surface area contributed by atoms with E-state index in [2.05, 4.69) is 10.2 Å². The van der Waals surface area contributed by atoms with Crippen molar-refractivity contribution in [2.75, 3.05) is 39.4 Å². The summed E-state index contributed by atoms with van der Waals surface area (Å²) in [7, 11) is 0. The van der Waals surface area contributed by atoms with E-state index in [1.807, 2.05) is 30.3 Å². The lowest BCUT2D eigenvalue weighted by molar-refractivity contribution is -0.122. The Morgan fingerprint density at radius 1 is 1.29 bits per heavy atom. The molecular formula is C16H25N3O2. The molecule has 0 unspecified atom stereocenters. The third-order valence-electron chi connectivity index (χ3n) is 3.69. The third-order valence-corrected chi connectivity index (χ3v) is 3.69. The summed E-state index contributed by atoms with van der Waals surface area (Å²) in [5, 5.41) is 2.92. The molecule has 1 aromatic rings. The van der Waals surface area contributed by atoms with Crippen LogP contribution in [0.2, 0.25) is 0 Å². The van der Waals surface area contributed by atoms with Gasteiger partial charge in [0.25, 0.3) is 0 Å². The number of rotatable bonds is 7. The molecule has 5 nitrogen and oxygen atoms in total. The van der Waals surface area contributed by atoms with Gasteiger partial charge in [-0.1, -0.05) is 30.3 Å². The van der Waals surface area contributed by atoms with Gasteiger partial charge in [-0.2, -0.15) is 0 Å². The van der Waals surface area contributed by atoms with Gasteiger partial charge in [-0.15, -0.1) is 0 Å². The van der Waals surface area contributed by atoms with E-state index in [0.29, 0.717) is 13.0 Å². The maximum absolute atomic E-state index is 11.9. The number of carbonyl (C=O) groups is 1. The molecule has 1 aliphatic heterocycles. The highest BCUT2D eigenvalue weighted by atomic mass is 16.5. The van der Waals surface area contributed by atoms with Crippen molar-refractivity contribution in [3.05, 3.63) is 35.9 Å². The van der Waals surface area contributed by atoms with Gasteiger partial charge in [0.1, 0.15) is 0 Å². The molecule has 1 amide bonds. The average molecular weight is 291 g/mol. The van der Waals surface area contributed by atoms with Crippen molar-refractivity contribution in [3.8, 4) is 0 Å². The minimum absolute atomic E-state index is 0.0687. The molecule has 2 rings (SSSR count). The van der Waals surface area contributed by atoms with Crippen LogP contribution in [0.4, 0.5) is 0 Å². The first-order chi connectivity index (χ1) is 10.3. The number of ether oxygens (including phenoxy) is 1. The fraction of sp³-hybridized carbons (Fsp3) is 0.562. The summed E-state index contributed by atoms with van der Waals surface area (Å²) in [5.74, 6) is -0.0687. The van der Waals surface area contributed by atoms with E-state index >= 15 is 0 Å². The molecule has 1 atom stereocenters. The molecule has 0 bridgehead atoms. The minimum Gasteiger partial charge on any atom is -0.379 e. The van der Waals surface area contributed by atoms with Crippen molar-refractivity contribution in [3.63, 3.8) is 0 Å². The number of nitrogens with two attached hydrogens (primary N) is 1. The lowest BCUT2D eigenvalue weighted by Gasteiger charge is -2.26. The first-order valence-corrected chi connectivity index (χ1v) is 7.63. The van der Waals surface area contributed by atoms with E-state index in [1.165, 1.54) is 0 Å². The molecule has 3 N–H and O–H groups in total. The van der Waals surface area contributed by atoms with E-state index in [4.69, 9.17) is 10.5 Å². The van der Waals surface area contributed by atoms with Gasteiger partial charge in [-0.05, 0) is 24.9 Å². The van der Waals surface area contributed by atoms with Gasteiger partial charge >= 0.3 is 0 Å². The number of hydrogen-bond acceptors (Lipinski definition) is 4. The van der Waals surface area contributed by atoms with Gasteiger partial charge in [0.05, 0.1) is 19.3 Å². The smallest absolute Gasteiger partial charge is 0.237 e. The normalized spacial score (nSPS) is 17.4. The SMILES string of the molecule is N[C@H](Cc1ccccc1)C(=O)NCCCN1CCOCC1. The molecule has 1 aromatic carbocycles. The largest absolute Gasteiger partial charge is 0.379 e. The van der Waals surface area contributed by atoms with Crippen LogP contribution >= 0.6 is 0 Å². The van der Waals surface area contributed by atoms with Crippen LogP contribution in [-0.4, -0.2) is 56.2 Å². The summed E-state index contributed by atoms with van der Waals surface area (Å²) >= 11 is 0. The molecule has 0 aromatic heterocycles. The van der Waals surface area contributed by atoms with E-state index in [0.717, 1.165) is 44.8 Å². The van der Waals surface area contributed by atoms with Crippen LogP contribution in [0.25, 0.3) is 0 Å². The van der Waals surface area contributed by atoms with E-state index < -0.39 is 6.04 Å². The monoisotopic (exact) mass is 291 g/mol. The van der Waals surface area contributed by atoms with E-state index in [1.54, 1.807) is 0 Å². The first-order valence-electron chi connectivity index (χ1n) is 7.63. The number of nitrogens with zero attached hydrogens (tertiary/aromatic N) is 1. The van der Waals surface area contributed by atoms with Crippen molar-refractivity contribution in [2.45, 2.75) is 18.9 Å². The Balaban J connectivity index is 1.60.